The molecule has 3 aromatic rings. The molecule has 0 spiro atoms. The Morgan fingerprint density at radius 3 is 2.74 bits per heavy atom. The van der Waals surface area contributed by atoms with Gasteiger partial charge in [0.2, 0.25) is 5.01 Å². The van der Waals surface area contributed by atoms with E-state index in [9.17, 15) is 14.0 Å². The number of amides is 2. The number of ether oxygens (including phenoxy) is 1. The van der Waals surface area contributed by atoms with Crippen LogP contribution in [0.1, 0.15) is 51.4 Å². The second-order valence-corrected chi connectivity index (χ2v) is 9.48. The molecule has 2 amide bonds. The number of nitrogens with one attached hydrogen (secondary N) is 2. The Morgan fingerprint density at radius 2 is 1.97 bits per heavy atom. The first kappa shape index (κ1) is 24.7. The summed E-state index contributed by atoms with van der Waals surface area (Å²) >= 11 is 1.09. The van der Waals surface area contributed by atoms with Gasteiger partial charge in [-0.05, 0) is 68.8 Å². The van der Waals surface area contributed by atoms with Crippen LogP contribution in [0.2, 0.25) is 0 Å². The number of hydrogen-bond donors (Lipinski definition) is 2. The molecule has 8 nitrogen and oxygen atoms in total. The maximum absolute atomic E-state index is 13.3. The summed E-state index contributed by atoms with van der Waals surface area (Å²) < 4.78 is 19.0. The van der Waals surface area contributed by atoms with Gasteiger partial charge in [-0.1, -0.05) is 23.8 Å². The highest BCUT2D eigenvalue weighted by Crippen LogP contribution is 2.18. The van der Waals surface area contributed by atoms with Crippen LogP contribution in [0, 0.1) is 5.82 Å². The van der Waals surface area contributed by atoms with E-state index >= 15 is 0 Å². The molecule has 0 saturated carbocycles. The molecular formula is C25H28FN5O3S. The maximum Gasteiger partial charge on any atom is 0.286 e. The smallest absolute Gasteiger partial charge is 0.286 e. The van der Waals surface area contributed by atoms with Gasteiger partial charge in [0.25, 0.3) is 11.8 Å². The van der Waals surface area contributed by atoms with E-state index in [1.54, 1.807) is 30.3 Å². The average Bonchev–Trinajstić information content (AvgIpc) is 3.34. The van der Waals surface area contributed by atoms with Gasteiger partial charge < -0.3 is 15.4 Å². The number of nitrogens with zero attached hydrogens (tertiary/aromatic N) is 3. The molecule has 0 bridgehead atoms. The molecule has 2 heterocycles. The monoisotopic (exact) mass is 497 g/mol. The van der Waals surface area contributed by atoms with Gasteiger partial charge >= 0.3 is 0 Å². The zero-order valence-electron chi connectivity index (χ0n) is 19.5. The largest absolute Gasteiger partial charge is 0.486 e. The third-order valence-electron chi connectivity index (χ3n) is 5.85. The Labute approximate surface area is 207 Å². The lowest BCUT2D eigenvalue weighted by Gasteiger charge is -2.33. The van der Waals surface area contributed by atoms with Gasteiger partial charge in [-0.25, -0.2) is 4.39 Å². The highest BCUT2D eigenvalue weighted by Gasteiger charge is 2.18. The van der Waals surface area contributed by atoms with Crippen LogP contribution in [0.15, 0.2) is 48.5 Å². The van der Waals surface area contributed by atoms with Crippen molar-refractivity contribution in [3.63, 3.8) is 0 Å². The molecule has 184 valence electrons. The minimum absolute atomic E-state index is 0.112. The Hall–Kier alpha value is -3.37. The Bertz CT molecular complexity index is 1150. The average molecular weight is 498 g/mol. The lowest BCUT2D eigenvalue weighted by Crippen LogP contribution is -2.42. The number of carbonyl (C=O) groups excluding carboxylic acids is 2. The van der Waals surface area contributed by atoms with Gasteiger partial charge in [0.1, 0.15) is 18.2 Å². The van der Waals surface area contributed by atoms with E-state index in [4.69, 9.17) is 4.74 Å². The number of aromatic nitrogens is 2. The van der Waals surface area contributed by atoms with Crippen LogP contribution in [0.3, 0.4) is 0 Å². The van der Waals surface area contributed by atoms with E-state index in [0.29, 0.717) is 34.6 Å². The third-order valence-corrected chi connectivity index (χ3v) is 6.74. The van der Waals surface area contributed by atoms with Gasteiger partial charge in [-0.15, -0.1) is 10.2 Å². The van der Waals surface area contributed by atoms with E-state index in [1.165, 1.54) is 37.5 Å². The van der Waals surface area contributed by atoms with E-state index in [0.717, 1.165) is 24.4 Å². The van der Waals surface area contributed by atoms with E-state index in [1.807, 2.05) is 0 Å². The minimum Gasteiger partial charge on any atom is -0.486 e. The first-order valence-corrected chi connectivity index (χ1v) is 12.4. The van der Waals surface area contributed by atoms with Crippen molar-refractivity contribution >= 4 is 28.8 Å². The number of piperidine rings is 1. The molecule has 2 aromatic carbocycles. The summed E-state index contributed by atoms with van der Waals surface area (Å²) in [4.78, 5) is 27.1. The number of hydrogen-bond acceptors (Lipinski definition) is 7. The van der Waals surface area contributed by atoms with Crippen LogP contribution in [0.4, 0.5) is 10.1 Å². The van der Waals surface area contributed by atoms with Crippen LogP contribution in [0.25, 0.3) is 0 Å². The van der Waals surface area contributed by atoms with Gasteiger partial charge in [0.05, 0.1) is 0 Å². The van der Waals surface area contributed by atoms with Crippen molar-refractivity contribution < 1.29 is 18.7 Å². The summed E-state index contributed by atoms with van der Waals surface area (Å²) in [7, 11) is 0. The lowest BCUT2D eigenvalue weighted by atomic mass is 10.0. The molecule has 1 aliphatic heterocycles. The van der Waals surface area contributed by atoms with Gasteiger partial charge in [0, 0.05) is 30.4 Å². The fourth-order valence-electron chi connectivity index (χ4n) is 3.91. The Balaban J connectivity index is 1.22. The molecule has 1 atom stereocenters. The molecule has 0 radical (unpaired) electrons. The van der Waals surface area contributed by atoms with Crippen molar-refractivity contribution in [1.82, 2.24) is 20.4 Å². The topological polar surface area (TPSA) is 96.5 Å². The second kappa shape index (κ2) is 11.9. The van der Waals surface area contributed by atoms with Gasteiger partial charge in [-0.3, -0.25) is 14.5 Å². The number of halogens is 1. The molecule has 1 unspecified atom stereocenters. The van der Waals surface area contributed by atoms with Gasteiger partial charge in [0.15, 0.2) is 5.01 Å². The summed E-state index contributed by atoms with van der Waals surface area (Å²) in [5, 5.41) is 14.1. The molecule has 1 fully saturated rings. The highest BCUT2D eigenvalue weighted by molar-refractivity contribution is 7.13. The highest BCUT2D eigenvalue weighted by atomic mass is 32.1. The first-order valence-electron chi connectivity index (χ1n) is 11.6. The summed E-state index contributed by atoms with van der Waals surface area (Å²) in [5.74, 6) is -0.446. The van der Waals surface area contributed by atoms with Crippen molar-refractivity contribution in [2.75, 3.05) is 25.0 Å². The van der Waals surface area contributed by atoms with Crippen LogP contribution < -0.4 is 15.4 Å². The summed E-state index contributed by atoms with van der Waals surface area (Å²) in [6, 6.07) is 13.1. The molecular weight excluding hydrogens is 469 g/mol. The fraction of sp³-hybridized carbons (Fsp3) is 0.360. The Morgan fingerprint density at radius 1 is 1.14 bits per heavy atom. The molecule has 4 rings (SSSR count). The van der Waals surface area contributed by atoms with Crippen molar-refractivity contribution in [2.24, 2.45) is 0 Å². The zero-order valence-corrected chi connectivity index (χ0v) is 20.3. The quantitative estimate of drug-likeness (QED) is 0.462. The van der Waals surface area contributed by atoms with Gasteiger partial charge in [-0.2, -0.15) is 0 Å². The fourth-order valence-corrected chi connectivity index (χ4v) is 4.56. The standard InChI is InChI=1S/C25H28FN5O3S/c1-17-5-2-3-13-31(17)14-12-27-23(32)18-8-10-21(11-9-18)34-16-22-29-30-25(35-22)24(33)28-20-7-4-6-19(26)15-20/h4,6-11,15,17H,2-3,5,12-14,16H2,1H3,(H,27,32)(H,28,33). The van der Waals surface area contributed by atoms with Crippen LogP contribution in [0.5, 0.6) is 5.75 Å². The van der Waals surface area contributed by atoms with Crippen LogP contribution in [-0.4, -0.2) is 52.6 Å². The SMILES string of the molecule is CC1CCCCN1CCNC(=O)c1ccc(OCc2nnc(C(=O)Nc3cccc(F)c3)s2)cc1. The molecule has 10 heteroatoms. The lowest BCUT2D eigenvalue weighted by molar-refractivity contribution is 0.0937. The molecule has 0 aliphatic carbocycles. The van der Waals surface area contributed by atoms with E-state index < -0.39 is 11.7 Å². The normalized spacial score (nSPS) is 16.0. The summed E-state index contributed by atoms with van der Waals surface area (Å²) in [6.07, 6.45) is 3.72. The van der Waals surface area contributed by atoms with E-state index in [-0.39, 0.29) is 17.5 Å². The maximum atomic E-state index is 13.3. The van der Waals surface area contributed by atoms with Crippen molar-refractivity contribution in [3.05, 3.63) is 69.9 Å². The first-order chi connectivity index (χ1) is 17.0. The number of carbonyl (C=O) groups is 2. The summed E-state index contributed by atoms with van der Waals surface area (Å²) in [5.41, 5.74) is 0.907. The van der Waals surface area contributed by atoms with Crippen LogP contribution >= 0.6 is 11.3 Å². The van der Waals surface area contributed by atoms with Crippen LogP contribution in [-0.2, 0) is 6.61 Å². The second-order valence-electron chi connectivity index (χ2n) is 8.42. The van der Waals surface area contributed by atoms with E-state index in [2.05, 4.69) is 32.7 Å². The predicted molar refractivity (Wildman–Crippen MR) is 132 cm³/mol. The third kappa shape index (κ3) is 7.06. The number of likely N-dealkylation sites (tertiary alicyclic amines) is 1. The number of anilines is 1. The molecule has 1 saturated heterocycles. The summed E-state index contributed by atoms with van der Waals surface area (Å²) in [6.45, 7) is 4.94. The molecule has 2 N–H and O–H groups in total. The Kier molecular flexibility index (Phi) is 8.38. The number of benzene rings is 2. The van der Waals surface area contributed by atoms with Crippen molar-refractivity contribution in [3.8, 4) is 5.75 Å². The zero-order chi connectivity index (χ0) is 24.6. The predicted octanol–water partition coefficient (Wildman–Crippen LogP) is 4.11. The molecule has 35 heavy (non-hydrogen) atoms. The minimum atomic E-state index is -0.468. The molecule has 1 aromatic heterocycles. The van der Waals surface area contributed by atoms with Crippen molar-refractivity contribution in [1.29, 1.82) is 0 Å². The van der Waals surface area contributed by atoms with Crippen molar-refractivity contribution in [2.45, 2.75) is 38.8 Å². The molecule has 1 aliphatic rings. The number of rotatable bonds is 9.